The van der Waals surface area contributed by atoms with Crippen molar-refractivity contribution in [2.45, 2.75) is 33.4 Å². The maximum atomic E-state index is 12.1. The van der Waals surface area contributed by atoms with E-state index in [1.165, 1.54) is 5.56 Å². The van der Waals surface area contributed by atoms with E-state index < -0.39 is 0 Å². The molecule has 0 aliphatic carbocycles. The summed E-state index contributed by atoms with van der Waals surface area (Å²) in [6.45, 7) is 7.92. The molecule has 0 heterocycles. The number of amides is 2. The van der Waals surface area contributed by atoms with E-state index in [0.717, 1.165) is 25.2 Å². The molecule has 0 aromatic heterocycles. The molecule has 2 rings (SSSR count). The summed E-state index contributed by atoms with van der Waals surface area (Å²) < 4.78 is 0. The third-order valence-corrected chi connectivity index (χ3v) is 4.88. The topological polar surface area (TPSA) is 61.4 Å². The smallest absolute Gasteiger partial charge is 0.251 e. The summed E-state index contributed by atoms with van der Waals surface area (Å²) in [6.07, 6.45) is 0.234. The average Bonchev–Trinajstić information content (AvgIpc) is 2.71. The van der Waals surface area contributed by atoms with Crippen LogP contribution in [0.5, 0.6) is 0 Å². The molecule has 2 aromatic carbocycles. The predicted octanol–water partition coefficient (Wildman–Crippen LogP) is 3.62. The van der Waals surface area contributed by atoms with Crippen molar-refractivity contribution in [2.24, 2.45) is 0 Å². The second-order valence-corrected chi connectivity index (χ2v) is 6.96. The fourth-order valence-electron chi connectivity index (χ4n) is 2.85. The number of hydrogen-bond donors (Lipinski definition) is 2. The first kappa shape index (κ1) is 21.9. The number of nitrogens with one attached hydrogen (secondary N) is 2. The largest absolute Gasteiger partial charge is 0.352 e. The monoisotopic (exact) mass is 401 g/mol. The highest BCUT2D eigenvalue weighted by Crippen LogP contribution is 2.12. The van der Waals surface area contributed by atoms with E-state index in [1.807, 2.05) is 18.2 Å². The van der Waals surface area contributed by atoms with E-state index in [1.54, 1.807) is 24.3 Å². The third kappa shape index (κ3) is 6.98. The van der Waals surface area contributed by atoms with Crippen LogP contribution in [0.3, 0.4) is 0 Å². The molecule has 0 bridgehead atoms. The van der Waals surface area contributed by atoms with Crippen molar-refractivity contribution >= 4 is 23.4 Å². The molecule has 6 heteroatoms. The van der Waals surface area contributed by atoms with Gasteiger partial charge in [-0.3, -0.25) is 14.5 Å². The summed E-state index contributed by atoms with van der Waals surface area (Å²) >= 11 is 5.82. The molecule has 0 fully saturated rings. The normalized spacial score (nSPS) is 10.7. The highest BCUT2D eigenvalue weighted by Gasteiger charge is 2.09. The van der Waals surface area contributed by atoms with Crippen LogP contribution in [0, 0.1) is 0 Å². The molecule has 0 radical (unpaired) electrons. The molecule has 0 unspecified atom stereocenters. The fourth-order valence-corrected chi connectivity index (χ4v) is 2.97. The van der Waals surface area contributed by atoms with E-state index in [-0.39, 0.29) is 24.8 Å². The summed E-state index contributed by atoms with van der Waals surface area (Å²) in [7, 11) is 0. The molecule has 0 saturated heterocycles. The molecule has 0 spiro atoms. The molecule has 2 N–H and O–H groups in total. The van der Waals surface area contributed by atoms with Crippen molar-refractivity contribution in [3.63, 3.8) is 0 Å². The van der Waals surface area contributed by atoms with Crippen molar-refractivity contribution in [1.29, 1.82) is 0 Å². The number of carbonyl (C=O) groups excluding carboxylic acids is 2. The summed E-state index contributed by atoms with van der Waals surface area (Å²) in [5.41, 5.74) is 2.87. The van der Waals surface area contributed by atoms with Gasteiger partial charge < -0.3 is 10.6 Å². The number of nitrogens with zero attached hydrogens (tertiary/aromatic N) is 1. The molecule has 5 nitrogen and oxygen atoms in total. The van der Waals surface area contributed by atoms with Crippen LogP contribution in [0.1, 0.15) is 41.8 Å². The van der Waals surface area contributed by atoms with Gasteiger partial charge in [-0.15, -0.1) is 0 Å². The quantitative estimate of drug-likeness (QED) is 0.639. The molecule has 0 atom stereocenters. The van der Waals surface area contributed by atoms with Crippen molar-refractivity contribution < 1.29 is 9.59 Å². The highest BCUT2D eigenvalue weighted by molar-refractivity contribution is 6.30. The number of carbonyl (C=O) groups is 2. The first-order valence-corrected chi connectivity index (χ1v) is 10.0. The summed E-state index contributed by atoms with van der Waals surface area (Å²) in [5.74, 6) is -0.303. The maximum Gasteiger partial charge on any atom is 0.251 e. The molecule has 150 valence electrons. The molecule has 0 aliphatic rings. The second kappa shape index (κ2) is 11.5. The van der Waals surface area contributed by atoms with Crippen LogP contribution in [0.25, 0.3) is 0 Å². The van der Waals surface area contributed by atoms with Gasteiger partial charge in [0.05, 0.1) is 0 Å². The number of benzene rings is 2. The van der Waals surface area contributed by atoms with Crippen molar-refractivity contribution in [3.8, 4) is 0 Å². The molecular formula is C22H28ClN3O2. The molecule has 0 aliphatic heterocycles. The molecule has 28 heavy (non-hydrogen) atoms. The lowest BCUT2D eigenvalue weighted by molar-refractivity contribution is -0.121. The number of halogens is 1. The summed E-state index contributed by atoms with van der Waals surface area (Å²) in [4.78, 5) is 26.5. The Morgan fingerprint density at radius 1 is 0.929 bits per heavy atom. The Balaban J connectivity index is 1.78. The minimum absolute atomic E-state index is 0.0888. The minimum atomic E-state index is -0.214. The van der Waals surface area contributed by atoms with E-state index in [0.29, 0.717) is 17.1 Å². The molecule has 2 aromatic rings. The van der Waals surface area contributed by atoms with Gasteiger partial charge in [0, 0.05) is 36.6 Å². The van der Waals surface area contributed by atoms with Crippen molar-refractivity contribution in [1.82, 2.24) is 15.5 Å². The van der Waals surface area contributed by atoms with Gasteiger partial charge in [0.2, 0.25) is 5.91 Å². The van der Waals surface area contributed by atoms with E-state index >= 15 is 0 Å². The summed E-state index contributed by atoms with van der Waals surface area (Å²) in [6, 6.07) is 14.8. The average molecular weight is 402 g/mol. The lowest BCUT2D eigenvalue weighted by atomic mass is 10.1. The predicted molar refractivity (Wildman–Crippen MR) is 113 cm³/mol. The summed E-state index contributed by atoms with van der Waals surface area (Å²) in [5, 5.41) is 6.27. The van der Waals surface area contributed by atoms with Gasteiger partial charge in [-0.25, -0.2) is 0 Å². The zero-order chi connectivity index (χ0) is 20.4. The van der Waals surface area contributed by atoms with Crippen LogP contribution in [0.2, 0.25) is 5.02 Å². The lowest BCUT2D eigenvalue weighted by Crippen LogP contribution is -2.31. The van der Waals surface area contributed by atoms with Crippen LogP contribution in [0.15, 0.2) is 48.5 Å². The van der Waals surface area contributed by atoms with Crippen molar-refractivity contribution in [3.05, 3.63) is 70.2 Å². The van der Waals surface area contributed by atoms with Crippen LogP contribution in [0.4, 0.5) is 0 Å². The van der Waals surface area contributed by atoms with Gasteiger partial charge in [0.25, 0.3) is 5.91 Å². The van der Waals surface area contributed by atoms with Crippen LogP contribution in [-0.4, -0.2) is 36.3 Å². The molecule has 0 saturated carbocycles. The standard InChI is InChI=1S/C22H28ClN3O2/c1-3-26(4-2)16-19-8-6-5-7-18(19)15-25-21(27)13-14-24-22(28)17-9-11-20(23)12-10-17/h5-12H,3-4,13-16H2,1-2H3,(H,24,28)(H,25,27). The second-order valence-electron chi connectivity index (χ2n) is 6.52. The third-order valence-electron chi connectivity index (χ3n) is 4.63. The Bertz CT molecular complexity index is 774. The van der Waals surface area contributed by atoms with Gasteiger partial charge in [0.15, 0.2) is 0 Å². The van der Waals surface area contributed by atoms with Crippen LogP contribution >= 0.6 is 11.6 Å². The van der Waals surface area contributed by atoms with E-state index in [9.17, 15) is 9.59 Å². The first-order valence-electron chi connectivity index (χ1n) is 9.63. The SMILES string of the molecule is CCN(CC)Cc1ccccc1CNC(=O)CCNC(=O)c1ccc(Cl)cc1. The van der Waals surface area contributed by atoms with Crippen LogP contribution < -0.4 is 10.6 Å². The zero-order valence-corrected chi connectivity index (χ0v) is 17.3. The van der Waals surface area contributed by atoms with Gasteiger partial charge in [-0.05, 0) is 48.5 Å². The van der Waals surface area contributed by atoms with Gasteiger partial charge in [-0.2, -0.15) is 0 Å². The Hall–Kier alpha value is -2.37. The van der Waals surface area contributed by atoms with Crippen molar-refractivity contribution in [2.75, 3.05) is 19.6 Å². The number of hydrogen-bond acceptors (Lipinski definition) is 3. The first-order chi connectivity index (χ1) is 13.5. The van der Waals surface area contributed by atoms with Gasteiger partial charge in [-0.1, -0.05) is 49.7 Å². The van der Waals surface area contributed by atoms with E-state index in [4.69, 9.17) is 11.6 Å². The molecule has 2 amide bonds. The zero-order valence-electron chi connectivity index (χ0n) is 16.5. The fraction of sp³-hybridized carbons (Fsp3) is 0.364. The Labute approximate surface area is 172 Å². The van der Waals surface area contributed by atoms with Gasteiger partial charge >= 0.3 is 0 Å². The molecular weight excluding hydrogens is 374 g/mol. The highest BCUT2D eigenvalue weighted by atomic mass is 35.5. The maximum absolute atomic E-state index is 12.1. The minimum Gasteiger partial charge on any atom is -0.352 e. The lowest BCUT2D eigenvalue weighted by Gasteiger charge is -2.20. The Morgan fingerprint density at radius 3 is 2.21 bits per heavy atom. The number of rotatable bonds is 10. The van der Waals surface area contributed by atoms with E-state index in [2.05, 4.69) is 35.4 Å². The Morgan fingerprint density at radius 2 is 1.57 bits per heavy atom. The van der Waals surface area contributed by atoms with Crippen LogP contribution in [-0.2, 0) is 17.9 Å². The van der Waals surface area contributed by atoms with Gasteiger partial charge in [0.1, 0.15) is 0 Å². The Kier molecular flexibility index (Phi) is 8.98.